The molecule has 61 heavy (non-hydrogen) atoms. The van der Waals surface area contributed by atoms with Gasteiger partial charge in [0, 0.05) is 43.1 Å². The third kappa shape index (κ3) is 6.14. The van der Waals surface area contributed by atoms with Gasteiger partial charge in [0.1, 0.15) is 0 Å². The van der Waals surface area contributed by atoms with Gasteiger partial charge < -0.3 is 0 Å². The molecule has 12 rings (SSSR count). The van der Waals surface area contributed by atoms with Crippen molar-refractivity contribution in [3.8, 4) is 67.7 Å². The molecule has 0 saturated heterocycles. The average Bonchev–Trinajstić information content (AvgIpc) is 3.74. The van der Waals surface area contributed by atoms with E-state index in [9.17, 15) is 0 Å². The third-order valence-corrected chi connectivity index (χ3v) is 12.9. The van der Waals surface area contributed by atoms with Gasteiger partial charge in [0.2, 0.25) is 0 Å². The van der Waals surface area contributed by atoms with E-state index >= 15 is 0 Å². The number of benzene rings is 9. The largest absolute Gasteiger partial charge is 0.246 e. The van der Waals surface area contributed by atoms with Gasteiger partial charge in [-0.15, -0.1) is 11.3 Å². The monoisotopic (exact) mass is 794 g/mol. The van der Waals surface area contributed by atoms with Crippen LogP contribution in [0.1, 0.15) is 0 Å². The molecule has 4 nitrogen and oxygen atoms in total. The second-order valence-corrected chi connectivity index (χ2v) is 16.4. The van der Waals surface area contributed by atoms with Gasteiger partial charge in [0.05, 0.1) is 15.9 Å². The Bertz CT molecular complexity index is 3620. The lowest BCUT2D eigenvalue weighted by atomic mass is 9.94. The summed E-state index contributed by atoms with van der Waals surface area (Å²) >= 11 is 1.83. The van der Waals surface area contributed by atoms with Gasteiger partial charge in [-0.3, -0.25) is 0 Å². The molecule has 9 aromatic carbocycles. The Morgan fingerprint density at radius 1 is 0.311 bits per heavy atom. The Morgan fingerprint density at radius 3 is 1.46 bits per heavy atom. The summed E-state index contributed by atoms with van der Waals surface area (Å²) in [6.07, 6.45) is 0. The van der Waals surface area contributed by atoms with Crippen molar-refractivity contribution < 1.29 is 0 Å². The number of pyridine rings is 1. The normalized spacial score (nSPS) is 11.6. The predicted molar refractivity (Wildman–Crippen MR) is 256 cm³/mol. The molecule has 0 fully saturated rings. The van der Waals surface area contributed by atoms with Crippen LogP contribution in [0.25, 0.3) is 120 Å². The molecule has 0 aliphatic rings. The van der Waals surface area contributed by atoms with Crippen molar-refractivity contribution in [1.29, 1.82) is 0 Å². The first-order chi connectivity index (χ1) is 30.2. The molecule has 0 spiro atoms. The highest BCUT2D eigenvalue weighted by Gasteiger charge is 2.20. The molecule has 5 heteroatoms. The molecule has 0 atom stereocenters. The van der Waals surface area contributed by atoms with Crippen molar-refractivity contribution in [2.45, 2.75) is 0 Å². The molecule has 284 valence electrons. The topological polar surface area (TPSA) is 51.6 Å². The summed E-state index contributed by atoms with van der Waals surface area (Å²) in [4.78, 5) is 20.6. The summed E-state index contributed by atoms with van der Waals surface area (Å²) in [5, 5.41) is 8.59. The Hall–Kier alpha value is -7.86. The van der Waals surface area contributed by atoms with E-state index in [4.69, 9.17) is 19.9 Å². The molecule has 0 aliphatic carbocycles. The van der Waals surface area contributed by atoms with E-state index < -0.39 is 0 Å². The van der Waals surface area contributed by atoms with Gasteiger partial charge in [-0.2, -0.15) is 0 Å². The minimum absolute atomic E-state index is 0.627. The molecule has 12 aromatic rings. The lowest BCUT2D eigenvalue weighted by Gasteiger charge is -2.13. The van der Waals surface area contributed by atoms with Crippen molar-refractivity contribution in [2.24, 2.45) is 0 Å². The minimum Gasteiger partial charge on any atom is -0.246 e. The molecule has 3 heterocycles. The SMILES string of the molecule is c1ccc(-c2ccc(-c3nc(-c4ccccc4)nc(-c4ccc(-c5ccc6c(c5)nc(-c5cc7ccccc7c7ccccc57)c5sc7ccccc7c56)cc4)n3)cc2)cc1. The van der Waals surface area contributed by atoms with Gasteiger partial charge in [-0.25, -0.2) is 19.9 Å². The van der Waals surface area contributed by atoms with E-state index in [0.29, 0.717) is 17.5 Å². The Kier molecular flexibility index (Phi) is 8.32. The summed E-state index contributed by atoms with van der Waals surface area (Å²) in [6.45, 7) is 0. The van der Waals surface area contributed by atoms with Crippen LogP contribution in [-0.2, 0) is 0 Å². The van der Waals surface area contributed by atoms with Crippen LogP contribution in [0.4, 0.5) is 0 Å². The van der Waals surface area contributed by atoms with Crippen LogP contribution >= 0.6 is 11.3 Å². The minimum atomic E-state index is 0.627. The first kappa shape index (κ1) is 35.1. The van der Waals surface area contributed by atoms with Crippen LogP contribution in [0, 0.1) is 0 Å². The van der Waals surface area contributed by atoms with Crippen molar-refractivity contribution >= 4 is 64.0 Å². The van der Waals surface area contributed by atoms with Gasteiger partial charge in [-0.1, -0.05) is 188 Å². The lowest BCUT2D eigenvalue weighted by Crippen LogP contribution is -2.00. The molecule has 0 N–H and O–H groups in total. The van der Waals surface area contributed by atoms with E-state index in [1.807, 2.05) is 47.7 Å². The van der Waals surface area contributed by atoms with Crippen LogP contribution in [0.15, 0.2) is 206 Å². The van der Waals surface area contributed by atoms with Crippen molar-refractivity contribution in [3.63, 3.8) is 0 Å². The zero-order chi connectivity index (χ0) is 40.3. The molecular weight excluding hydrogens is 761 g/mol. The first-order valence-electron chi connectivity index (χ1n) is 20.5. The smallest absolute Gasteiger partial charge is 0.164 e. The summed E-state index contributed by atoms with van der Waals surface area (Å²) in [5.74, 6) is 1.90. The zero-order valence-corrected chi connectivity index (χ0v) is 33.6. The standard InChI is InChI=1S/C56H34N4S/c1-3-13-35(14-4-1)36-23-27-39(28-24-36)55-58-54(38-15-5-2-6-16-38)59-56(60-55)40-29-25-37(26-30-40)41-31-32-46-49(34-41)57-52(53-51(46)47-21-11-12-22-50(47)61-53)48-33-42-17-7-8-18-43(42)44-19-9-10-20-45(44)48/h1-34H. The molecule has 0 radical (unpaired) electrons. The second-order valence-electron chi connectivity index (χ2n) is 15.4. The van der Waals surface area contributed by atoms with Crippen LogP contribution in [0.3, 0.4) is 0 Å². The van der Waals surface area contributed by atoms with Crippen LogP contribution < -0.4 is 0 Å². The quantitative estimate of drug-likeness (QED) is 0.157. The number of thiophene rings is 1. The van der Waals surface area contributed by atoms with Crippen LogP contribution in [0.2, 0.25) is 0 Å². The fraction of sp³-hybridized carbons (Fsp3) is 0. The van der Waals surface area contributed by atoms with Crippen LogP contribution in [0.5, 0.6) is 0 Å². The highest BCUT2D eigenvalue weighted by atomic mass is 32.1. The maximum atomic E-state index is 5.56. The summed E-state index contributed by atoms with van der Waals surface area (Å²) < 4.78 is 2.48. The molecular formula is C56H34N4S. The summed E-state index contributed by atoms with van der Waals surface area (Å²) in [5.41, 5.74) is 10.4. The second kappa shape index (κ2) is 14.5. The molecule has 0 saturated carbocycles. The predicted octanol–water partition coefficient (Wildman–Crippen LogP) is 15.1. The fourth-order valence-corrected chi connectivity index (χ4v) is 9.92. The highest BCUT2D eigenvalue weighted by Crippen LogP contribution is 2.46. The maximum Gasteiger partial charge on any atom is 0.164 e. The average molecular weight is 795 g/mol. The van der Waals surface area contributed by atoms with Gasteiger partial charge in [0.25, 0.3) is 0 Å². The molecule has 0 amide bonds. The Balaban J connectivity index is 0.972. The number of hydrogen-bond acceptors (Lipinski definition) is 5. The third-order valence-electron chi connectivity index (χ3n) is 11.7. The van der Waals surface area contributed by atoms with E-state index in [1.165, 1.54) is 47.3 Å². The van der Waals surface area contributed by atoms with E-state index in [0.717, 1.165) is 55.5 Å². The number of rotatable bonds is 6. The lowest BCUT2D eigenvalue weighted by molar-refractivity contribution is 1.07. The van der Waals surface area contributed by atoms with Gasteiger partial charge >= 0.3 is 0 Å². The van der Waals surface area contributed by atoms with Crippen molar-refractivity contribution in [1.82, 2.24) is 19.9 Å². The number of nitrogens with zero attached hydrogens (tertiary/aromatic N) is 4. The van der Waals surface area contributed by atoms with Crippen LogP contribution in [-0.4, -0.2) is 19.9 Å². The van der Waals surface area contributed by atoms with Crippen molar-refractivity contribution in [2.75, 3.05) is 0 Å². The summed E-state index contributed by atoms with van der Waals surface area (Å²) in [7, 11) is 0. The Labute approximate surface area is 356 Å². The van der Waals surface area contributed by atoms with E-state index in [-0.39, 0.29) is 0 Å². The first-order valence-corrected chi connectivity index (χ1v) is 21.3. The fourth-order valence-electron chi connectivity index (χ4n) is 8.70. The number of aromatic nitrogens is 4. The zero-order valence-electron chi connectivity index (χ0n) is 32.8. The van der Waals surface area contributed by atoms with E-state index in [1.54, 1.807) is 0 Å². The number of hydrogen-bond donors (Lipinski definition) is 0. The van der Waals surface area contributed by atoms with Gasteiger partial charge in [0.15, 0.2) is 17.5 Å². The molecule has 3 aromatic heterocycles. The van der Waals surface area contributed by atoms with Gasteiger partial charge in [-0.05, 0) is 62.0 Å². The van der Waals surface area contributed by atoms with E-state index in [2.05, 4.69) is 170 Å². The molecule has 0 bridgehead atoms. The molecule has 0 aliphatic heterocycles. The summed E-state index contributed by atoms with van der Waals surface area (Å²) in [6, 6.07) is 72.7. The Morgan fingerprint density at radius 2 is 0.787 bits per heavy atom. The number of fused-ring (bicyclic) bond motifs is 8. The maximum absolute atomic E-state index is 5.56. The van der Waals surface area contributed by atoms with Crippen molar-refractivity contribution in [3.05, 3.63) is 206 Å². The molecule has 0 unspecified atom stereocenters. The highest BCUT2D eigenvalue weighted by molar-refractivity contribution is 7.26.